The molecule has 5 rings (SSSR count). The molecule has 0 bridgehead atoms. The van der Waals surface area contributed by atoms with Gasteiger partial charge in [-0.25, -0.2) is 15.0 Å². The van der Waals surface area contributed by atoms with E-state index in [4.69, 9.17) is 11.6 Å². The van der Waals surface area contributed by atoms with Crippen LogP contribution in [0.15, 0.2) is 53.3 Å². The largest absolute Gasteiger partial charge is 0.294 e. The Balaban J connectivity index is 1.64. The molecule has 0 saturated carbocycles. The molecule has 0 fully saturated rings. The molecule has 0 radical (unpaired) electrons. The van der Waals surface area contributed by atoms with E-state index in [-0.39, 0.29) is 5.56 Å². The summed E-state index contributed by atoms with van der Waals surface area (Å²) in [4.78, 5) is 28.9. The number of hydrogen-bond donors (Lipinski definition) is 2. The summed E-state index contributed by atoms with van der Waals surface area (Å²) in [6.07, 6.45) is 2.56. The lowest BCUT2D eigenvalue weighted by molar-refractivity contribution is 0.899. The summed E-state index contributed by atoms with van der Waals surface area (Å²) in [5, 5.41) is 4.55. The summed E-state index contributed by atoms with van der Waals surface area (Å²) < 4.78 is 0. The highest BCUT2D eigenvalue weighted by atomic mass is 35.5. The quantitative estimate of drug-likeness (QED) is 0.546. The topological polar surface area (TPSA) is 83.6 Å². The van der Waals surface area contributed by atoms with Gasteiger partial charge in [0.2, 0.25) is 11.9 Å². The van der Waals surface area contributed by atoms with E-state index < -0.39 is 0 Å². The number of halogens is 1. The van der Waals surface area contributed by atoms with E-state index in [1.54, 1.807) is 6.07 Å². The Morgan fingerprint density at radius 1 is 1.00 bits per heavy atom. The van der Waals surface area contributed by atoms with E-state index in [1.165, 1.54) is 0 Å². The van der Waals surface area contributed by atoms with Crippen molar-refractivity contribution in [2.24, 2.45) is 0 Å². The molecule has 0 unspecified atom stereocenters. The zero-order valence-corrected chi connectivity index (χ0v) is 15.6. The summed E-state index contributed by atoms with van der Waals surface area (Å²) >= 11 is 6.20. The van der Waals surface area contributed by atoms with Crippen molar-refractivity contribution < 1.29 is 0 Å². The number of rotatable bonds is 3. The Morgan fingerprint density at radius 2 is 1.86 bits per heavy atom. The van der Waals surface area contributed by atoms with E-state index >= 15 is 0 Å². The Kier molecular flexibility index (Phi) is 4.06. The number of anilines is 2. The molecule has 4 aromatic rings. The molecule has 1 aliphatic carbocycles. The number of hydrogen-bond acceptors (Lipinski definition) is 5. The second kappa shape index (κ2) is 6.73. The summed E-state index contributed by atoms with van der Waals surface area (Å²) in [5.41, 5.74) is 4.01. The van der Waals surface area contributed by atoms with Gasteiger partial charge in [0.1, 0.15) is 0 Å². The van der Waals surface area contributed by atoms with Crippen LogP contribution in [0.5, 0.6) is 0 Å². The molecule has 0 amide bonds. The van der Waals surface area contributed by atoms with Crippen LogP contribution < -0.4 is 10.9 Å². The van der Waals surface area contributed by atoms with Crippen molar-refractivity contribution in [1.29, 1.82) is 0 Å². The molecule has 2 heterocycles. The lowest BCUT2D eigenvalue weighted by atomic mass is 10.1. The molecule has 1 aliphatic rings. The average Bonchev–Trinajstić information content (AvgIpc) is 3.17. The van der Waals surface area contributed by atoms with E-state index in [9.17, 15) is 4.79 Å². The van der Waals surface area contributed by atoms with Gasteiger partial charge in [-0.3, -0.25) is 15.1 Å². The zero-order valence-electron chi connectivity index (χ0n) is 14.9. The van der Waals surface area contributed by atoms with Crippen LogP contribution in [0, 0.1) is 0 Å². The second-order valence-electron chi connectivity index (χ2n) is 6.74. The average molecular weight is 390 g/mol. The Bertz CT molecular complexity index is 1250. The SMILES string of the molecule is O=c1[nH]c(Nc2nc(-c3ccccc3)c3cc(Cl)ccc3n2)nc2c1CCC2. The van der Waals surface area contributed by atoms with Gasteiger partial charge in [0.25, 0.3) is 5.56 Å². The molecule has 2 aromatic heterocycles. The maximum absolute atomic E-state index is 12.3. The maximum atomic E-state index is 12.3. The Morgan fingerprint density at radius 3 is 2.71 bits per heavy atom. The molecule has 6 nitrogen and oxygen atoms in total. The minimum absolute atomic E-state index is 0.0964. The van der Waals surface area contributed by atoms with Crippen LogP contribution in [0.3, 0.4) is 0 Å². The lowest BCUT2D eigenvalue weighted by Gasteiger charge is -2.11. The highest BCUT2D eigenvalue weighted by Crippen LogP contribution is 2.30. The van der Waals surface area contributed by atoms with Crippen LogP contribution in [-0.2, 0) is 12.8 Å². The summed E-state index contributed by atoms with van der Waals surface area (Å²) in [6.45, 7) is 0. The van der Waals surface area contributed by atoms with Gasteiger partial charge in [0.05, 0.1) is 16.9 Å². The van der Waals surface area contributed by atoms with Gasteiger partial charge in [-0.2, -0.15) is 0 Å². The fourth-order valence-corrected chi connectivity index (χ4v) is 3.75. The van der Waals surface area contributed by atoms with Crippen molar-refractivity contribution in [3.05, 3.63) is 75.2 Å². The molecule has 138 valence electrons. The molecule has 0 spiro atoms. The van der Waals surface area contributed by atoms with Gasteiger partial charge < -0.3 is 0 Å². The number of aromatic nitrogens is 4. The van der Waals surface area contributed by atoms with Gasteiger partial charge in [0, 0.05) is 21.5 Å². The lowest BCUT2D eigenvalue weighted by Crippen LogP contribution is -2.16. The highest BCUT2D eigenvalue weighted by Gasteiger charge is 2.18. The van der Waals surface area contributed by atoms with Gasteiger partial charge in [-0.1, -0.05) is 41.9 Å². The second-order valence-corrected chi connectivity index (χ2v) is 7.18. The van der Waals surface area contributed by atoms with Crippen molar-refractivity contribution in [3.8, 4) is 11.3 Å². The van der Waals surface area contributed by atoms with Crippen LogP contribution in [0.4, 0.5) is 11.9 Å². The maximum Gasteiger partial charge on any atom is 0.255 e. The predicted molar refractivity (Wildman–Crippen MR) is 110 cm³/mol. The molecule has 28 heavy (non-hydrogen) atoms. The number of nitrogens with one attached hydrogen (secondary N) is 2. The summed E-state index contributed by atoms with van der Waals surface area (Å²) in [6, 6.07) is 15.4. The molecule has 2 aromatic carbocycles. The van der Waals surface area contributed by atoms with E-state index in [1.807, 2.05) is 42.5 Å². The number of aromatic amines is 1. The first kappa shape index (κ1) is 16.9. The van der Waals surface area contributed by atoms with Gasteiger partial charge in [0.15, 0.2) is 0 Å². The first-order valence-corrected chi connectivity index (χ1v) is 9.47. The molecule has 7 heteroatoms. The fraction of sp³-hybridized carbons (Fsp3) is 0.143. The van der Waals surface area contributed by atoms with E-state index in [0.717, 1.165) is 52.7 Å². The first-order valence-electron chi connectivity index (χ1n) is 9.09. The number of nitrogens with zero attached hydrogens (tertiary/aromatic N) is 3. The smallest absolute Gasteiger partial charge is 0.255 e. The van der Waals surface area contributed by atoms with Gasteiger partial charge >= 0.3 is 0 Å². The number of H-pyrrole nitrogens is 1. The van der Waals surface area contributed by atoms with Crippen molar-refractivity contribution in [2.75, 3.05) is 5.32 Å². The summed E-state index contributed by atoms with van der Waals surface area (Å²) in [7, 11) is 0. The highest BCUT2D eigenvalue weighted by molar-refractivity contribution is 6.31. The van der Waals surface area contributed by atoms with Crippen LogP contribution in [0.1, 0.15) is 17.7 Å². The van der Waals surface area contributed by atoms with Crippen LogP contribution in [-0.4, -0.2) is 19.9 Å². The monoisotopic (exact) mass is 389 g/mol. The molecular weight excluding hydrogens is 374 g/mol. The molecule has 2 N–H and O–H groups in total. The van der Waals surface area contributed by atoms with Gasteiger partial charge in [-0.15, -0.1) is 0 Å². The third kappa shape index (κ3) is 3.01. The van der Waals surface area contributed by atoms with E-state index in [0.29, 0.717) is 16.9 Å². The van der Waals surface area contributed by atoms with Crippen molar-refractivity contribution in [1.82, 2.24) is 19.9 Å². The Hall–Kier alpha value is -3.25. The van der Waals surface area contributed by atoms with Crippen LogP contribution >= 0.6 is 11.6 Å². The zero-order chi connectivity index (χ0) is 19.1. The molecular formula is C21H16ClN5O. The van der Waals surface area contributed by atoms with Crippen molar-refractivity contribution in [3.63, 3.8) is 0 Å². The molecule has 0 saturated heterocycles. The van der Waals surface area contributed by atoms with E-state index in [2.05, 4.69) is 25.3 Å². The molecule has 0 atom stereocenters. The fourth-order valence-electron chi connectivity index (χ4n) is 3.58. The van der Waals surface area contributed by atoms with Crippen molar-refractivity contribution >= 4 is 34.4 Å². The first-order chi connectivity index (χ1) is 13.7. The van der Waals surface area contributed by atoms with Crippen LogP contribution in [0.25, 0.3) is 22.2 Å². The summed E-state index contributed by atoms with van der Waals surface area (Å²) in [5.74, 6) is 0.729. The van der Waals surface area contributed by atoms with Crippen LogP contribution in [0.2, 0.25) is 5.02 Å². The third-order valence-electron chi connectivity index (χ3n) is 4.88. The standard InChI is InChI=1S/C21H16ClN5O/c22-13-9-10-17-15(11-13)18(12-5-2-1-3-6-12)25-20(24-17)27-21-23-16-8-4-7-14(16)19(28)26-21/h1-3,5-6,9-11H,4,7-8H2,(H2,23,24,25,26,27,28). The third-order valence-corrected chi connectivity index (χ3v) is 5.11. The number of aryl methyl sites for hydroxylation is 1. The number of fused-ring (bicyclic) bond motifs is 2. The van der Waals surface area contributed by atoms with Crippen molar-refractivity contribution in [2.45, 2.75) is 19.3 Å². The minimum atomic E-state index is -0.0964. The Labute approximate surface area is 165 Å². The normalized spacial score (nSPS) is 12.9. The number of benzene rings is 2. The minimum Gasteiger partial charge on any atom is -0.294 e. The predicted octanol–water partition coefficient (Wildman–Crippen LogP) is 4.27. The van der Waals surface area contributed by atoms with Gasteiger partial charge in [-0.05, 0) is 37.5 Å². The molecule has 0 aliphatic heterocycles.